The van der Waals surface area contributed by atoms with Gasteiger partial charge in [-0.3, -0.25) is 9.48 Å². The topological polar surface area (TPSA) is 84.4 Å². The quantitative estimate of drug-likeness (QED) is 0.688. The first-order chi connectivity index (χ1) is 7.72. The van der Waals surface area contributed by atoms with Crippen LogP contribution < -0.4 is 5.73 Å². The van der Waals surface area contributed by atoms with Gasteiger partial charge in [-0.1, -0.05) is 0 Å². The first-order valence-corrected chi connectivity index (χ1v) is 5.37. The predicted octanol–water partition coefficient (Wildman–Crippen LogP) is -1.02. The molecule has 0 spiro atoms. The van der Waals surface area contributed by atoms with Crippen molar-refractivity contribution in [1.82, 2.24) is 14.7 Å². The lowest BCUT2D eigenvalue weighted by Crippen LogP contribution is -2.31. The normalized spacial score (nSPS) is 25.0. The maximum atomic E-state index is 11.6. The van der Waals surface area contributed by atoms with Crippen molar-refractivity contribution in [3.8, 4) is 0 Å². The van der Waals surface area contributed by atoms with E-state index in [1.54, 1.807) is 28.0 Å². The zero-order valence-electron chi connectivity index (χ0n) is 8.99. The van der Waals surface area contributed by atoms with Gasteiger partial charge < -0.3 is 15.7 Å². The summed E-state index contributed by atoms with van der Waals surface area (Å²) in [5.74, 6) is -0.00351. The van der Waals surface area contributed by atoms with Crippen molar-refractivity contribution in [3.63, 3.8) is 0 Å². The molecule has 3 N–H and O–H groups in total. The van der Waals surface area contributed by atoms with Crippen LogP contribution in [0.25, 0.3) is 0 Å². The summed E-state index contributed by atoms with van der Waals surface area (Å²) >= 11 is 0. The molecule has 1 aliphatic heterocycles. The molecule has 1 aromatic rings. The number of hydrogen-bond donors (Lipinski definition) is 2. The van der Waals surface area contributed by atoms with Crippen molar-refractivity contribution in [2.75, 3.05) is 19.6 Å². The second kappa shape index (κ2) is 4.63. The van der Waals surface area contributed by atoms with Gasteiger partial charge in [0, 0.05) is 38.4 Å². The van der Waals surface area contributed by atoms with Crippen LogP contribution in [0.1, 0.15) is 12.5 Å². The number of likely N-dealkylation sites (tertiary alicyclic amines) is 1. The third-order valence-electron chi connectivity index (χ3n) is 2.83. The average Bonchev–Trinajstić information content (AvgIpc) is 2.86. The van der Waals surface area contributed by atoms with Gasteiger partial charge in [-0.15, -0.1) is 0 Å². The van der Waals surface area contributed by atoms with Gasteiger partial charge in [0.2, 0.25) is 5.91 Å². The van der Waals surface area contributed by atoms with Crippen molar-refractivity contribution in [1.29, 1.82) is 0 Å². The highest BCUT2D eigenvalue weighted by molar-refractivity contribution is 5.76. The summed E-state index contributed by atoms with van der Waals surface area (Å²) in [7, 11) is 0. The second-order valence-electron chi connectivity index (χ2n) is 3.96. The minimum absolute atomic E-state index is 0.00351. The van der Waals surface area contributed by atoms with Crippen LogP contribution in [-0.2, 0) is 4.79 Å². The maximum absolute atomic E-state index is 11.6. The molecule has 2 heterocycles. The molecule has 1 fully saturated rings. The predicted molar refractivity (Wildman–Crippen MR) is 57.5 cm³/mol. The second-order valence-corrected chi connectivity index (χ2v) is 3.96. The highest BCUT2D eigenvalue weighted by Crippen LogP contribution is 2.21. The summed E-state index contributed by atoms with van der Waals surface area (Å²) in [5, 5.41) is 13.9. The SMILES string of the molecule is NCCC(=O)N1C[C@@H](n2cccn2)[C@@H](O)C1. The fourth-order valence-electron chi connectivity index (χ4n) is 1.99. The lowest BCUT2D eigenvalue weighted by atomic mass is 10.2. The van der Waals surface area contributed by atoms with E-state index in [0.717, 1.165) is 0 Å². The Bertz CT molecular complexity index is 352. The summed E-state index contributed by atoms with van der Waals surface area (Å²) in [4.78, 5) is 13.3. The van der Waals surface area contributed by atoms with E-state index in [0.29, 0.717) is 26.1 Å². The van der Waals surface area contributed by atoms with Crippen LogP contribution >= 0.6 is 0 Å². The van der Waals surface area contributed by atoms with E-state index < -0.39 is 6.10 Å². The third kappa shape index (κ3) is 2.07. The van der Waals surface area contributed by atoms with E-state index in [2.05, 4.69) is 5.10 Å². The van der Waals surface area contributed by atoms with Crippen molar-refractivity contribution in [3.05, 3.63) is 18.5 Å². The fourth-order valence-corrected chi connectivity index (χ4v) is 1.99. The Morgan fingerprint density at radius 3 is 3.00 bits per heavy atom. The molecule has 2 atom stereocenters. The number of aliphatic hydroxyl groups excluding tert-OH is 1. The van der Waals surface area contributed by atoms with Gasteiger partial charge in [-0.05, 0) is 6.07 Å². The molecule has 1 aliphatic rings. The largest absolute Gasteiger partial charge is 0.389 e. The standard InChI is InChI=1S/C10H16N4O2/c11-3-2-10(16)13-6-8(9(15)7-13)14-5-1-4-12-14/h1,4-5,8-9,15H,2-3,6-7,11H2/t8-,9+/m1/s1. The molecule has 6 heteroatoms. The number of carbonyl (C=O) groups excluding carboxylic acids is 1. The van der Waals surface area contributed by atoms with E-state index in [9.17, 15) is 9.90 Å². The Labute approximate surface area is 93.6 Å². The minimum atomic E-state index is -0.554. The first-order valence-electron chi connectivity index (χ1n) is 5.37. The van der Waals surface area contributed by atoms with Gasteiger partial charge in [-0.25, -0.2) is 0 Å². The van der Waals surface area contributed by atoms with E-state index in [4.69, 9.17) is 5.73 Å². The van der Waals surface area contributed by atoms with E-state index in [1.165, 1.54) is 0 Å². The first kappa shape index (κ1) is 11.1. The van der Waals surface area contributed by atoms with Gasteiger partial charge in [0.1, 0.15) is 0 Å². The molecule has 6 nitrogen and oxygen atoms in total. The van der Waals surface area contributed by atoms with Crippen molar-refractivity contribution < 1.29 is 9.90 Å². The summed E-state index contributed by atoms with van der Waals surface area (Å²) < 4.78 is 1.69. The van der Waals surface area contributed by atoms with Crippen molar-refractivity contribution in [2.24, 2.45) is 5.73 Å². The summed E-state index contributed by atoms with van der Waals surface area (Å²) in [6, 6.07) is 1.66. The monoisotopic (exact) mass is 224 g/mol. The van der Waals surface area contributed by atoms with Crippen LogP contribution in [0.2, 0.25) is 0 Å². The molecule has 1 saturated heterocycles. The van der Waals surface area contributed by atoms with Crippen LogP contribution in [0.3, 0.4) is 0 Å². The number of hydrogen-bond acceptors (Lipinski definition) is 4. The Morgan fingerprint density at radius 2 is 2.38 bits per heavy atom. The Morgan fingerprint density at radius 1 is 1.56 bits per heavy atom. The molecule has 1 aromatic heterocycles. The zero-order valence-corrected chi connectivity index (χ0v) is 8.99. The van der Waals surface area contributed by atoms with Crippen molar-refractivity contribution in [2.45, 2.75) is 18.6 Å². The van der Waals surface area contributed by atoms with Gasteiger partial charge in [0.25, 0.3) is 0 Å². The third-order valence-corrected chi connectivity index (χ3v) is 2.83. The smallest absolute Gasteiger partial charge is 0.224 e. The number of nitrogens with zero attached hydrogens (tertiary/aromatic N) is 3. The molecule has 0 bridgehead atoms. The average molecular weight is 224 g/mol. The van der Waals surface area contributed by atoms with Crippen LogP contribution in [0.4, 0.5) is 0 Å². The van der Waals surface area contributed by atoms with E-state index >= 15 is 0 Å². The molecule has 2 rings (SSSR count). The summed E-state index contributed by atoms with van der Waals surface area (Å²) in [5.41, 5.74) is 5.33. The fraction of sp³-hybridized carbons (Fsp3) is 0.600. The van der Waals surface area contributed by atoms with Gasteiger partial charge in [-0.2, -0.15) is 5.10 Å². The molecule has 1 amide bonds. The van der Waals surface area contributed by atoms with Gasteiger partial charge in [0.15, 0.2) is 0 Å². The summed E-state index contributed by atoms with van der Waals surface area (Å²) in [6.45, 7) is 1.21. The number of nitrogens with two attached hydrogens (primary N) is 1. The molecule has 0 aromatic carbocycles. The highest BCUT2D eigenvalue weighted by atomic mass is 16.3. The van der Waals surface area contributed by atoms with Crippen molar-refractivity contribution >= 4 is 5.91 Å². The molecule has 0 unspecified atom stereocenters. The van der Waals surface area contributed by atoms with Crippen LogP contribution in [0, 0.1) is 0 Å². The van der Waals surface area contributed by atoms with E-state index in [1.807, 2.05) is 0 Å². The van der Waals surface area contributed by atoms with Crippen LogP contribution in [0.15, 0.2) is 18.5 Å². The number of β-amino-alcohol motifs (C(OH)–C–C–N with tert-alkyl or cyclic N) is 1. The number of amides is 1. The Hall–Kier alpha value is -1.40. The molecule has 88 valence electrons. The Kier molecular flexibility index (Phi) is 3.21. The molecule has 0 radical (unpaired) electrons. The maximum Gasteiger partial charge on any atom is 0.224 e. The highest BCUT2D eigenvalue weighted by Gasteiger charge is 2.34. The Balaban J connectivity index is 2.02. The number of carbonyl (C=O) groups is 1. The zero-order chi connectivity index (χ0) is 11.5. The lowest BCUT2D eigenvalue weighted by Gasteiger charge is -2.15. The number of aliphatic hydroxyl groups is 1. The minimum Gasteiger partial charge on any atom is -0.389 e. The van der Waals surface area contributed by atoms with Crippen LogP contribution in [0.5, 0.6) is 0 Å². The summed E-state index contributed by atoms with van der Waals surface area (Å²) in [6.07, 6.45) is 3.24. The van der Waals surface area contributed by atoms with Gasteiger partial charge >= 0.3 is 0 Å². The number of rotatable bonds is 3. The number of aromatic nitrogens is 2. The van der Waals surface area contributed by atoms with Crippen LogP contribution in [-0.4, -0.2) is 51.4 Å². The molecular formula is C10H16N4O2. The van der Waals surface area contributed by atoms with E-state index in [-0.39, 0.29) is 11.9 Å². The lowest BCUT2D eigenvalue weighted by molar-refractivity contribution is -0.130. The molecule has 0 saturated carbocycles. The molecule has 0 aliphatic carbocycles. The van der Waals surface area contributed by atoms with Gasteiger partial charge in [0.05, 0.1) is 12.1 Å². The molecular weight excluding hydrogens is 208 g/mol. The molecule has 16 heavy (non-hydrogen) atoms.